The molecule has 0 aliphatic carbocycles. The van der Waals surface area contributed by atoms with Crippen LogP contribution in [0.2, 0.25) is 5.02 Å². The third kappa shape index (κ3) is 4.18. The first-order valence-electron chi connectivity index (χ1n) is 9.30. The Morgan fingerprint density at radius 1 is 1.25 bits per heavy atom. The number of rotatable bonds is 4. The Balaban J connectivity index is 1.44. The van der Waals surface area contributed by atoms with Crippen LogP contribution in [0.25, 0.3) is 10.6 Å². The highest BCUT2D eigenvalue weighted by atomic mass is 35.5. The fourth-order valence-electron chi connectivity index (χ4n) is 3.41. The minimum atomic E-state index is -0.0918. The first kappa shape index (κ1) is 18.9. The number of aromatic nitrogens is 2. The number of anilines is 2. The van der Waals surface area contributed by atoms with Gasteiger partial charge in [-0.1, -0.05) is 23.7 Å². The molecule has 7 heteroatoms. The molecule has 5 nitrogen and oxygen atoms in total. The lowest BCUT2D eigenvalue weighted by atomic mass is 9.97. The number of amides is 1. The lowest BCUT2D eigenvalue weighted by Gasteiger charge is -2.32. The fourth-order valence-corrected chi connectivity index (χ4v) is 4.28. The van der Waals surface area contributed by atoms with Crippen molar-refractivity contribution in [1.29, 1.82) is 0 Å². The predicted octanol–water partition coefficient (Wildman–Crippen LogP) is 5.02. The van der Waals surface area contributed by atoms with Gasteiger partial charge in [0.2, 0.25) is 5.91 Å². The van der Waals surface area contributed by atoms with Crippen LogP contribution in [-0.4, -0.2) is 29.2 Å². The summed E-state index contributed by atoms with van der Waals surface area (Å²) in [6.07, 6.45) is 1.81. The van der Waals surface area contributed by atoms with Crippen molar-refractivity contribution in [3.8, 4) is 10.6 Å². The molecule has 28 heavy (non-hydrogen) atoms. The van der Waals surface area contributed by atoms with E-state index in [2.05, 4.69) is 20.4 Å². The molecule has 1 aromatic carbocycles. The number of nitrogens with zero attached hydrogens (tertiary/aromatic N) is 3. The van der Waals surface area contributed by atoms with E-state index in [1.807, 2.05) is 48.7 Å². The van der Waals surface area contributed by atoms with Gasteiger partial charge >= 0.3 is 0 Å². The second-order valence-corrected chi connectivity index (χ2v) is 8.37. The van der Waals surface area contributed by atoms with Crippen LogP contribution in [0.4, 0.5) is 11.5 Å². The van der Waals surface area contributed by atoms with Crippen molar-refractivity contribution in [2.45, 2.75) is 19.8 Å². The number of halogens is 1. The summed E-state index contributed by atoms with van der Waals surface area (Å²) in [5, 5.41) is 14.4. The molecule has 1 unspecified atom stereocenters. The number of carbonyl (C=O) groups excluding carboxylic acids is 1. The van der Waals surface area contributed by atoms with Crippen molar-refractivity contribution in [3.63, 3.8) is 0 Å². The molecule has 4 rings (SSSR count). The number of nitrogens with one attached hydrogen (secondary N) is 1. The second-order valence-electron chi connectivity index (χ2n) is 6.99. The van der Waals surface area contributed by atoms with E-state index >= 15 is 0 Å². The van der Waals surface area contributed by atoms with Crippen molar-refractivity contribution in [2.75, 3.05) is 23.3 Å². The molecular weight excluding hydrogens is 392 g/mol. The molecule has 1 atom stereocenters. The normalized spacial score (nSPS) is 16.8. The largest absolute Gasteiger partial charge is 0.354 e. The van der Waals surface area contributed by atoms with E-state index in [4.69, 9.17) is 11.6 Å². The topological polar surface area (TPSA) is 58.1 Å². The summed E-state index contributed by atoms with van der Waals surface area (Å²) < 4.78 is 0. The quantitative estimate of drug-likeness (QED) is 0.653. The Morgan fingerprint density at radius 3 is 2.89 bits per heavy atom. The van der Waals surface area contributed by atoms with Crippen LogP contribution in [0.15, 0.2) is 47.8 Å². The van der Waals surface area contributed by atoms with Crippen molar-refractivity contribution in [3.05, 3.63) is 58.4 Å². The standard InChI is InChI=1S/C21H21ClN4OS/c1-14-6-7-16(22)12-18(14)23-21(27)15-4-2-10-26(13-15)20-9-8-17(24-25-20)19-5-3-11-28-19/h3,5-9,11-12,15H,2,4,10,13H2,1H3,(H,23,27). The molecule has 0 bridgehead atoms. The molecule has 2 aromatic heterocycles. The van der Waals surface area contributed by atoms with Gasteiger partial charge in [-0.2, -0.15) is 0 Å². The van der Waals surface area contributed by atoms with Crippen LogP contribution in [-0.2, 0) is 4.79 Å². The van der Waals surface area contributed by atoms with Crippen LogP contribution in [0.5, 0.6) is 0 Å². The minimum absolute atomic E-state index is 0.0261. The molecular formula is C21H21ClN4OS. The Kier molecular flexibility index (Phi) is 5.59. The van der Waals surface area contributed by atoms with Crippen molar-refractivity contribution in [2.24, 2.45) is 5.92 Å². The second kappa shape index (κ2) is 8.29. The number of hydrogen-bond acceptors (Lipinski definition) is 5. The average Bonchev–Trinajstić information content (AvgIpc) is 3.26. The van der Waals surface area contributed by atoms with Crippen molar-refractivity contribution in [1.82, 2.24) is 10.2 Å². The zero-order valence-corrected chi connectivity index (χ0v) is 17.1. The molecule has 144 valence electrons. The van der Waals surface area contributed by atoms with Gasteiger partial charge in [-0.3, -0.25) is 4.79 Å². The van der Waals surface area contributed by atoms with Gasteiger partial charge < -0.3 is 10.2 Å². The van der Waals surface area contributed by atoms with E-state index < -0.39 is 0 Å². The van der Waals surface area contributed by atoms with Gasteiger partial charge in [-0.25, -0.2) is 0 Å². The van der Waals surface area contributed by atoms with Crippen molar-refractivity contribution >= 4 is 40.4 Å². The Hall–Kier alpha value is -2.44. The zero-order valence-electron chi connectivity index (χ0n) is 15.6. The molecule has 0 spiro atoms. The lowest BCUT2D eigenvalue weighted by Crippen LogP contribution is -2.41. The van der Waals surface area contributed by atoms with Gasteiger partial charge in [0.1, 0.15) is 5.69 Å². The summed E-state index contributed by atoms with van der Waals surface area (Å²) in [7, 11) is 0. The van der Waals surface area contributed by atoms with Gasteiger partial charge in [-0.05, 0) is 61.0 Å². The summed E-state index contributed by atoms with van der Waals surface area (Å²) in [6.45, 7) is 3.48. The van der Waals surface area contributed by atoms with Gasteiger partial charge in [0.05, 0.1) is 10.8 Å². The van der Waals surface area contributed by atoms with E-state index in [-0.39, 0.29) is 11.8 Å². The molecule has 1 aliphatic heterocycles. The third-order valence-corrected chi connectivity index (χ3v) is 6.13. The molecule has 3 heterocycles. The number of benzene rings is 1. The summed E-state index contributed by atoms with van der Waals surface area (Å²) in [4.78, 5) is 16.0. The van der Waals surface area contributed by atoms with E-state index in [0.717, 1.165) is 47.0 Å². The molecule has 1 saturated heterocycles. The number of hydrogen-bond donors (Lipinski definition) is 1. The minimum Gasteiger partial charge on any atom is -0.354 e. The number of piperidine rings is 1. The first-order valence-corrected chi connectivity index (χ1v) is 10.6. The van der Waals surface area contributed by atoms with Gasteiger partial charge in [0, 0.05) is 23.8 Å². The summed E-state index contributed by atoms with van der Waals surface area (Å²) in [5.74, 6) is 0.751. The van der Waals surface area contributed by atoms with Crippen LogP contribution >= 0.6 is 22.9 Å². The maximum Gasteiger partial charge on any atom is 0.229 e. The number of carbonyl (C=O) groups is 1. The average molecular weight is 413 g/mol. The number of aryl methyl sites for hydroxylation is 1. The van der Waals surface area contributed by atoms with E-state index in [1.165, 1.54) is 0 Å². The molecule has 0 radical (unpaired) electrons. The Bertz CT molecular complexity index is 959. The van der Waals surface area contributed by atoms with E-state index in [9.17, 15) is 4.79 Å². The highest BCUT2D eigenvalue weighted by Gasteiger charge is 2.27. The van der Waals surface area contributed by atoms with Crippen LogP contribution in [0.1, 0.15) is 18.4 Å². The maximum atomic E-state index is 12.8. The summed E-state index contributed by atoms with van der Waals surface area (Å²) in [5.41, 5.74) is 2.65. The molecule has 1 aliphatic rings. The smallest absolute Gasteiger partial charge is 0.229 e. The molecule has 1 fully saturated rings. The van der Waals surface area contributed by atoms with Gasteiger partial charge in [0.25, 0.3) is 0 Å². The SMILES string of the molecule is Cc1ccc(Cl)cc1NC(=O)C1CCCN(c2ccc(-c3cccs3)nn2)C1. The fraction of sp³-hybridized carbons (Fsp3) is 0.286. The Labute approximate surface area is 173 Å². The highest BCUT2D eigenvalue weighted by Crippen LogP contribution is 2.27. The lowest BCUT2D eigenvalue weighted by molar-refractivity contribution is -0.120. The molecule has 0 saturated carbocycles. The van der Waals surface area contributed by atoms with E-state index in [0.29, 0.717) is 11.6 Å². The highest BCUT2D eigenvalue weighted by molar-refractivity contribution is 7.13. The monoisotopic (exact) mass is 412 g/mol. The molecule has 1 N–H and O–H groups in total. The summed E-state index contributed by atoms with van der Waals surface area (Å²) >= 11 is 7.71. The maximum absolute atomic E-state index is 12.8. The number of thiophene rings is 1. The first-order chi connectivity index (χ1) is 13.6. The Morgan fingerprint density at radius 2 is 2.14 bits per heavy atom. The predicted molar refractivity (Wildman–Crippen MR) is 115 cm³/mol. The zero-order chi connectivity index (χ0) is 19.5. The molecule has 1 amide bonds. The van der Waals surface area contributed by atoms with Crippen molar-refractivity contribution < 1.29 is 4.79 Å². The third-order valence-electron chi connectivity index (χ3n) is 5.00. The van der Waals surface area contributed by atoms with E-state index in [1.54, 1.807) is 17.4 Å². The van der Waals surface area contributed by atoms with Crippen LogP contribution in [0.3, 0.4) is 0 Å². The summed E-state index contributed by atoms with van der Waals surface area (Å²) in [6, 6.07) is 13.6. The van der Waals surface area contributed by atoms with Crippen LogP contribution in [0, 0.1) is 12.8 Å². The van der Waals surface area contributed by atoms with Gasteiger partial charge in [0.15, 0.2) is 5.82 Å². The van der Waals surface area contributed by atoms with Gasteiger partial charge in [-0.15, -0.1) is 21.5 Å². The van der Waals surface area contributed by atoms with Crippen LogP contribution < -0.4 is 10.2 Å². The molecule has 3 aromatic rings.